The number of benzene rings is 2. The van der Waals surface area contributed by atoms with Crippen molar-refractivity contribution in [1.82, 2.24) is 9.47 Å². The second-order valence-corrected chi connectivity index (χ2v) is 8.49. The number of hydrogen-bond acceptors (Lipinski definition) is 3. The highest BCUT2D eigenvalue weighted by Gasteiger charge is 2.36. The third kappa shape index (κ3) is 3.75. The van der Waals surface area contributed by atoms with E-state index in [1.165, 1.54) is 17.3 Å². The summed E-state index contributed by atoms with van der Waals surface area (Å²) in [5.41, 5.74) is 4.27. The minimum absolute atomic E-state index is 0.0307. The Morgan fingerprint density at radius 2 is 1.86 bits per heavy atom. The van der Waals surface area contributed by atoms with Gasteiger partial charge < -0.3 is 4.57 Å². The van der Waals surface area contributed by atoms with E-state index in [2.05, 4.69) is 43.7 Å². The highest BCUT2D eigenvalue weighted by atomic mass is 32.2. The zero-order valence-electron chi connectivity index (χ0n) is 17.2. The number of nitrogens with zero attached hydrogens (tertiary/aromatic N) is 3. The summed E-state index contributed by atoms with van der Waals surface area (Å²) in [5, 5.41) is 1.90. The summed E-state index contributed by atoms with van der Waals surface area (Å²) in [7, 11) is 2.03. The molecular formula is C24H25N3OS. The molecule has 0 aliphatic carbocycles. The molecule has 0 N–H and O–H groups in total. The number of rotatable bonds is 4. The van der Waals surface area contributed by atoms with Crippen molar-refractivity contribution in [1.29, 1.82) is 0 Å². The predicted molar refractivity (Wildman–Crippen MR) is 123 cm³/mol. The summed E-state index contributed by atoms with van der Waals surface area (Å²) in [6.07, 6.45) is 4.96. The average Bonchev–Trinajstić information content (AvgIpc) is 3.20. The number of para-hydroxylation sites is 1. The van der Waals surface area contributed by atoms with Crippen LogP contribution in [0.4, 0.5) is 5.69 Å². The topological polar surface area (TPSA) is 37.6 Å². The minimum atomic E-state index is 0.0307. The Kier molecular flexibility index (Phi) is 5.33. The number of carbonyl (C=O) groups excluding carboxylic acids is 1. The number of amidine groups is 1. The molecule has 0 radical (unpaired) electrons. The molecule has 3 aromatic rings. The van der Waals surface area contributed by atoms with Crippen LogP contribution in [0.2, 0.25) is 0 Å². The predicted octanol–water partition coefficient (Wildman–Crippen LogP) is 5.89. The molecule has 5 heteroatoms. The third-order valence-electron chi connectivity index (χ3n) is 5.34. The lowest BCUT2D eigenvalue weighted by Crippen LogP contribution is -2.36. The number of hydrogen-bond donors (Lipinski definition) is 0. The fourth-order valence-corrected chi connectivity index (χ4v) is 4.58. The van der Waals surface area contributed by atoms with Crippen molar-refractivity contribution < 1.29 is 4.79 Å². The molecule has 29 heavy (non-hydrogen) atoms. The van der Waals surface area contributed by atoms with Gasteiger partial charge in [-0.1, -0.05) is 42.8 Å². The molecule has 2 heterocycles. The standard InChI is InChI=1S/C24H25N3OS/c1-5-17(3)27-23(28)22(29-24(27)25-19-12-10-16(2)11-13-19)14-18-15-26(4)21-9-7-6-8-20(18)21/h6-15,17H,5H2,1-4H3/b22-14+,25-24?/t17-/m1/s1. The molecular weight excluding hydrogens is 378 g/mol. The number of aliphatic imine (C=N–C) groups is 1. The van der Waals surface area contributed by atoms with E-state index in [0.717, 1.165) is 33.7 Å². The smallest absolute Gasteiger partial charge is 0.267 e. The van der Waals surface area contributed by atoms with Gasteiger partial charge in [0.05, 0.1) is 10.6 Å². The Bertz CT molecular complexity index is 1120. The van der Waals surface area contributed by atoms with Gasteiger partial charge in [0.15, 0.2) is 5.17 Å². The summed E-state index contributed by atoms with van der Waals surface area (Å²) in [6, 6.07) is 16.4. The molecule has 0 bridgehead atoms. The Labute approximate surface area is 175 Å². The van der Waals surface area contributed by atoms with E-state index in [4.69, 9.17) is 4.99 Å². The lowest BCUT2D eigenvalue weighted by atomic mass is 10.1. The molecule has 1 amide bonds. The van der Waals surface area contributed by atoms with Crippen molar-refractivity contribution in [2.45, 2.75) is 33.2 Å². The number of carbonyl (C=O) groups is 1. The minimum Gasteiger partial charge on any atom is -0.350 e. The Hall–Kier alpha value is -2.79. The molecule has 1 fully saturated rings. The number of amides is 1. The van der Waals surface area contributed by atoms with Gasteiger partial charge in [-0.2, -0.15) is 0 Å². The van der Waals surface area contributed by atoms with Crippen LogP contribution in [0.5, 0.6) is 0 Å². The summed E-state index contributed by atoms with van der Waals surface area (Å²) < 4.78 is 2.10. The van der Waals surface area contributed by atoms with Gasteiger partial charge in [0.2, 0.25) is 0 Å². The van der Waals surface area contributed by atoms with E-state index < -0.39 is 0 Å². The first-order valence-corrected chi connectivity index (χ1v) is 10.7. The Morgan fingerprint density at radius 1 is 1.14 bits per heavy atom. The van der Waals surface area contributed by atoms with Crippen LogP contribution in [-0.2, 0) is 11.8 Å². The average molecular weight is 404 g/mol. The van der Waals surface area contributed by atoms with Crippen molar-refractivity contribution in [3.8, 4) is 0 Å². The number of aromatic nitrogens is 1. The summed E-state index contributed by atoms with van der Waals surface area (Å²) in [4.78, 5) is 20.6. The maximum Gasteiger partial charge on any atom is 0.267 e. The molecule has 0 spiro atoms. The van der Waals surface area contributed by atoms with Crippen LogP contribution in [0.25, 0.3) is 17.0 Å². The molecule has 4 nitrogen and oxygen atoms in total. The molecule has 1 saturated heterocycles. The molecule has 0 unspecified atom stereocenters. The van der Waals surface area contributed by atoms with Gasteiger partial charge in [0, 0.05) is 35.8 Å². The van der Waals surface area contributed by atoms with Gasteiger partial charge >= 0.3 is 0 Å². The lowest BCUT2D eigenvalue weighted by Gasteiger charge is -2.22. The Morgan fingerprint density at radius 3 is 2.59 bits per heavy atom. The second-order valence-electron chi connectivity index (χ2n) is 7.49. The van der Waals surface area contributed by atoms with Crippen molar-refractivity contribution in [2.24, 2.45) is 12.0 Å². The van der Waals surface area contributed by atoms with Crippen molar-refractivity contribution in [2.75, 3.05) is 0 Å². The lowest BCUT2D eigenvalue weighted by molar-refractivity contribution is -0.123. The summed E-state index contributed by atoms with van der Waals surface area (Å²) in [6.45, 7) is 6.23. The summed E-state index contributed by atoms with van der Waals surface area (Å²) in [5.74, 6) is 0.0307. The molecule has 1 atom stereocenters. The van der Waals surface area contributed by atoms with E-state index in [1.807, 2.05) is 54.4 Å². The zero-order valence-corrected chi connectivity index (χ0v) is 18.0. The zero-order chi connectivity index (χ0) is 20.5. The van der Waals surface area contributed by atoms with E-state index in [0.29, 0.717) is 4.91 Å². The summed E-state index contributed by atoms with van der Waals surface area (Å²) >= 11 is 1.46. The van der Waals surface area contributed by atoms with E-state index in [9.17, 15) is 4.79 Å². The first-order chi connectivity index (χ1) is 14.0. The maximum absolute atomic E-state index is 13.3. The van der Waals surface area contributed by atoms with Gasteiger partial charge in [-0.05, 0) is 56.3 Å². The van der Waals surface area contributed by atoms with Gasteiger partial charge in [0.1, 0.15) is 0 Å². The van der Waals surface area contributed by atoms with E-state index in [1.54, 1.807) is 0 Å². The van der Waals surface area contributed by atoms with E-state index >= 15 is 0 Å². The number of fused-ring (bicyclic) bond motifs is 1. The molecule has 1 aliphatic rings. The molecule has 148 valence electrons. The molecule has 0 saturated carbocycles. The fourth-order valence-electron chi connectivity index (χ4n) is 3.49. The van der Waals surface area contributed by atoms with Crippen LogP contribution in [0.1, 0.15) is 31.4 Å². The largest absolute Gasteiger partial charge is 0.350 e. The van der Waals surface area contributed by atoms with Crippen LogP contribution < -0.4 is 0 Å². The molecule has 4 rings (SSSR count). The SMILES string of the molecule is CC[C@@H](C)N1C(=O)/C(=C\c2cn(C)c3ccccc23)SC1=Nc1ccc(C)cc1. The van der Waals surface area contributed by atoms with Crippen molar-refractivity contribution in [3.05, 3.63) is 70.8 Å². The molecule has 1 aromatic heterocycles. The number of aryl methyl sites for hydroxylation is 2. The molecule has 1 aliphatic heterocycles. The van der Waals surface area contributed by atoms with Crippen molar-refractivity contribution >= 4 is 45.5 Å². The highest BCUT2D eigenvalue weighted by Crippen LogP contribution is 2.37. The third-order valence-corrected chi connectivity index (χ3v) is 6.32. The normalized spacial score (nSPS) is 18.3. The first-order valence-electron chi connectivity index (χ1n) is 9.90. The van der Waals surface area contributed by atoms with Gasteiger partial charge in [0.25, 0.3) is 5.91 Å². The Balaban J connectivity index is 1.76. The fraction of sp³-hybridized carbons (Fsp3) is 0.250. The van der Waals surface area contributed by atoms with Crippen LogP contribution in [0.15, 0.2) is 64.6 Å². The van der Waals surface area contributed by atoms with Gasteiger partial charge in [-0.15, -0.1) is 0 Å². The van der Waals surface area contributed by atoms with Crippen LogP contribution >= 0.6 is 11.8 Å². The van der Waals surface area contributed by atoms with E-state index in [-0.39, 0.29) is 11.9 Å². The number of thioether (sulfide) groups is 1. The monoisotopic (exact) mass is 403 g/mol. The van der Waals surface area contributed by atoms with Crippen LogP contribution in [0, 0.1) is 6.92 Å². The van der Waals surface area contributed by atoms with Gasteiger partial charge in [-0.25, -0.2) is 4.99 Å². The van der Waals surface area contributed by atoms with Gasteiger partial charge in [-0.3, -0.25) is 9.69 Å². The first kappa shape index (κ1) is 19.5. The van der Waals surface area contributed by atoms with Crippen LogP contribution in [-0.4, -0.2) is 26.6 Å². The quantitative estimate of drug-likeness (QED) is 0.510. The highest BCUT2D eigenvalue weighted by molar-refractivity contribution is 8.18. The maximum atomic E-state index is 13.3. The van der Waals surface area contributed by atoms with Crippen LogP contribution in [0.3, 0.4) is 0 Å². The molecule has 2 aromatic carbocycles. The second kappa shape index (κ2) is 7.91. The van der Waals surface area contributed by atoms with Crippen molar-refractivity contribution in [3.63, 3.8) is 0 Å².